The second kappa shape index (κ2) is 6.51. The topological polar surface area (TPSA) is 4.36 Å². The average Bonchev–Trinajstić information content (AvgIpc) is 2.28. The van der Waals surface area contributed by atoms with Crippen LogP contribution in [0.1, 0.15) is 44.7 Å². The second-order valence-electron chi connectivity index (χ2n) is 4.57. The Morgan fingerprint density at radius 2 is 1.76 bits per heavy atom. The highest BCUT2D eigenvalue weighted by Gasteiger charge is 2.06. The molecule has 0 saturated carbocycles. The van der Waals surface area contributed by atoms with Crippen molar-refractivity contribution in [1.82, 2.24) is 0 Å². The summed E-state index contributed by atoms with van der Waals surface area (Å²) in [6.07, 6.45) is 1.62. The van der Waals surface area contributed by atoms with Gasteiger partial charge in [-0.05, 0) is 17.0 Å². The van der Waals surface area contributed by atoms with Gasteiger partial charge in [0.05, 0.1) is 6.57 Å². The molecule has 0 saturated heterocycles. The molecule has 1 rings (SSSR count). The Bertz CT molecular complexity index is 421. The zero-order valence-corrected chi connectivity index (χ0v) is 11.7. The van der Waals surface area contributed by atoms with Gasteiger partial charge in [0.15, 0.2) is 6.20 Å². The standard InChI is InChI=1S/C15H19NS/c1-11(2)13-6-8-14(9-7-13)15(10-16-5)17-12(3)4/h6-12H,1-4H3/b15-10+. The van der Waals surface area contributed by atoms with Crippen LogP contribution in [-0.4, -0.2) is 5.25 Å². The molecule has 0 spiro atoms. The molecule has 0 unspecified atom stereocenters. The molecule has 0 aromatic heterocycles. The van der Waals surface area contributed by atoms with E-state index in [1.807, 2.05) is 0 Å². The summed E-state index contributed by atoms with van der Waals surface area (Å²) in [5.74, 6) is 0.551. The lowest BCUT2D eigenvalue weighted by atomic mass is 10.0. The lowest BCUT2D eigenvalue weighted by molar-refractivity contribution is 0.866. The molecule has 0 aliphatic rings. The van der Waals surface area contributed by atoms with E-state index in [-0.39, 0.29) is 0 Å². The van der Waals surface area contributed by atoms with Crippen LogP contribution in [0.5, 0.6) is 0 Å². The third-order valence-electron chi connectivity index (χ3n) is 2.41. The lowest BCUT2D eigenvalue weighted by Gasteiger charge is -2.11. The molecule has 0 amide bonds. The highest BCUT2D eigenvalue weighted by atomic mass is 32.2. The molecule has 0 N–H and O–H groups in total. The minimum atomic E-state index is 0.493. The van der Waals surface area contributed by atoms with Crippen molar-refractivity contribution >= 4 is 16.7 Å². The van der Waals surface area contributed by atoms with Crippen molar-refractivity contribution in [3.05, 3.63) is 53.0 Å². The van der Waals surface area contributed by atoms with Crippen LogP contribution in [0.4, 0.5) is 0 Å². The highest BCUT2D eigenvalue weighted by Crippen LogP contribution is 2.31. The summed E-state index contributed by atoms with van der Waals surface area (Å²) < 4.78 is 0. The molecule has 0 heterocycles. The van der Waals surface area contributed by atoms with Crippen molar-refractivity contribution in [3.8, 4) is 0 Å². The molecule has 1 nitrogen and oxygen atoms in total. The van der Waals surface area contributed by atoms with Crippen molar-refractivity contribution in [2.45, 2.75) is 38.9 Å². The minimum absolute atomic E-state index is 0.493. The first kappa shape index (κ1) is 13.9. The Morgan fingerprint density at radius 3 is 2.18 bits per heavy atom. The third-order valence-corrected chi connectivity index (χ3v) is 3.47. The Morgan fingerprint density at radius 1 is 1.18 bits per heavy atom. The number of hydrogen-bond donors (Lipinski definition) is 0. The van der Waals surface area contributed by atoms with Crippen LogP contribution in [0, 0.1) is 6.57 Å². The number of benzene rings is 1. The van der Waals surface area contributed by atoms with Gasteiger partial charge < -0.3 is 0 Å². The van der Waals surface area contributed by atoms with E-state index in [1.54, 1.807) is 18.0 Å². The molecule has 0 aliphatic heterocycles. The van der Waals surface area contributed by atoms with Gasteiger partial charge in [-0.1, -0.05) is 52.0 Å². The van der Waals surface area contributed by atoms with E-state index in [9.17, 15) is 0 Å². The number of thioether (sulfide) groups is 1. The van der Waals surface area contributed by atoms with E-state index in [4.69, 9.17) is 6.57 Å². The van der Waals surface area contributed by atoms with Crippen molar-refractivity contribution < 1.29 is 0 Å². The molecule has 1 aromatic rings. The molecule has 17 heavy (non-hydrogen) atoms. The van der Waals surface area contributed by atoms with E-state index < -0.39 is 0 Å². The smallest absolute Gasteiger partial charge is 0.168 e. The van der Waals surface area contributed by atoms with Crippen molar-refractivity contribution in [2.75, 3.05) is 0 Å². The van der Waals surface area contributed by atoms with Crippen LogP contribution >= 0.6 is 11.8 Å². The Hall–Kier alpha value is -1.20. The number of nitrogens with zero attached hydrogens (tertiary/aromatic N) is 1. The predicted molar refractivity (Wildman–Crippen MR) is 77.8 cm³/mol. The molecule has 2 heteroatoms. The molecule has 0 atom stereocenters. The van der Waals surface area contributed by atoms with E-state index in [0.29, 0.717) is 11.2 Å². The molecule has 0 bridgehead atoms. The fraction of sp³-hybridized carbons (Fsp3) is 0.400. The van der Waals surface area contributed by atoms with Crippen LogP contribution in [0.3, 0.4) is 0 Å². The number of rotatable bonds is 4. The summed E-state index contributed by atoms with van der Waals surface area (Å²) in [5, 5.41) is 0.493. The zero-order valence-electron chi connectivity index (χ0n) is 10.9. The van der Waals surface area contributed by atoms with Crippen LogP contribution in [0.2, 0.25) is 0 Å². The van der Waals surface area contributed by atoms with Gasteiger partial charge in [-0.2, -0.15) is 0 Å². The second-order valence-corrected chi connectivity index (χ2v) is 6.18. The molecule has 90 valence electrons. The van der Waals surface area contributed by atoms with Gasteiger partial charge in [0.1, 0.15) is 0 Å². The van der Waals surface area contributed by atoms with Gasteiger partial charge in [-0.3, -0.25) is 0 Å². The van der Waals surface area contributed by atoms with Crippen molar-refractivity contribution in [3.63, 3.8) is 0 Å². The molecular formula is C15H19NS. The zero-order chi connectivity index (χ0) is 12.8. The Labute approximate surface area is 109 Å². The fourth-order valence-electron chi connectivity index (χ4n) is 1.52. The Balaban J connectivity index is 2.97. The van der Waals surface area contributed by atoms with Crippen LogP contribution in [0.15, 0.2) is 30.5 Å². The predicted octanol–water partition coefficient (Wildman–Crippen LogP) is 5.17. The first-order chi connectivity index (χ1) is 8.04. The monoisotopic (exact) mass is 245 g/mol. The molecule has 0 radical (unpaired) electrons. The summed E-state index contributed by atoms with van der Waals surface area (Å²) in [6, 6.07) is 8.53. The maximum Gasteiger partial charge on any atom is 0.168 e. The average molecular weight is 245 g/mol. The first-order valence-corrected chi connectivity index (χ1v) is 6.76. The quantitative estimate of drug-likeness (QED) is 0.662. The van der Waals surface area contributed by atoms with E-state index in [0.717, 1.165) is 10.5 Å². The van der Waals surface area contributed by atoms with Gasteiger partial charge in [0.2, 0.25) is 0 Å². The van der Waals surface area contributed by atoms with Gasteiger partial charge >= 0.3 is 0 Å². The van der Waals surface area contributed by atoms with Crippen LogP contribution in [0.25, 0.3) is 9.75 Å². The fourth-order valence-corrected chi connectivity index (χ4v) is 2.41. The summed E-state index contributed by atoms with van der Waals surface area (Å²) in [4.78, 5) is 4.45. The van der Waals surface area contributed by atoms with Gasteiger partial charge in [0, 0.05) is 10.2 Å². The third kappa shape index (κ3) is 4.28. The highest BCUT2D eigenvalue weighted by molar-refractivity contribution is 8.08. The van der Waals surface area contributed by atoms with Crippen LogP contribution in [-0.2, 0) is 0 Å². The first-order valence-electron chi connectivity index (χ1n) is 5.88. The van der Waals surface area contributed by atoms with E-state index in [2.05, 4.69) is 56.8 Å². The maximum absolute atomic E-state index is 6.97. The lowest BCUT2D eigenvalue weighted by Crippen LogP contribution is -1.91. The molecule has 0 aliphatic carbocycles. The van der Waals surface area contributed by atoms with Crippen molar-refractivity contribution in [2.24, 2.45) is 0 Å². The van der Waals surface area contributed by atoms with Crippen LogP contribution < -0.4 is 0 Å². The minimum Gasteiger partial charge on any atom is -0.245 e. The van der Waals surface area contributed by atoms with Gasteiger partial charge in [-0.15, -0.1) is 11.8 Å². The van der Waals surface area contributed by atoms with Gasteiger partial charge in [0.25, 0.3) is 0 Å². The van der Waals surface area contributed by atoms with E-state index in [1.165, 1.54) is 5.56 Å². The van der Waals surface area contributed by atoms with E-state index >= 15 is 0 Å². The normalized spacial score (nSPS) is 11.9. The molecule has 1 aromatic carbocycles. The Kier molecular flexibility index (Phi) is 5.31. The maximum atomic E-state index is 6.97. The summed E-state index contributed by atoms with van der Waals surface area (Å²) in [5.41, 5.74) is 2.48. The SMILES string of the molecule is [C-]#[N+]/C=C(/SC(C)C)c1ccc(C(C)C)cc1. The summed E-state index contributed by atoms with van der Waals surface area (Å²) >= 11 is 1.74. The molecular weight excluding hydrogens is 226 g/mol. The molecule has 0 fully saturated rings. The van der Waals surface area contributed by atoms with Gasteiger partial charge in [-0.25, -0.2) is 4.85 Å². The van der Waals surface area contributed by atoms with Crippen molar-refractivity contribution in [1.29, 1.82) is 0 Å². The summed E-state index contributed by atoms with van der Waals surface area (Å²) in [6.45, 7) is 15.6. The number of hydrogen-bond acceptors (Lipinski definition) is 1. The largest absolute Gasteiger partial charge is 0.245 e. The summed E-state index contributed by atoms with van der Waals surface area (Å²) in [7, 11) is 0.